The van der Waals surface area contributed by atoms with Crippen LogP contribution in [0.25, 0.3) is 0 Å². The zero-order valence-electron chi connectivity index (χ0n) is 10.1. The summed E-state index contributed by atoms with van der Waals surface area (Å²) in [5.41, 5.74) is 0.150. The van der Waals surface area contributed by atoms with Crippen LogP contribution in [0.3, 0.4) is 0 Å². The number of halogens is 1. The van der Waals surface area contributed by atoms with Gasteiger partial charge in [-0.15, -0.1) is 0 Å². The molecule has 0 atom stereocenters. The van der Waals surface area contributed by atoms with Crippen LogP contribution in [0.15, 0.2) is 0 Å². The molecule has 0 aliphatic heterocycles. The van der Waals surface area contributed by atoms with Gasteiger partial charge < -0.3 is 5.32 Å². The fourth-order valence-corrected chi connectivity index (χ4v) is 1.87. The lowest BCUT2D eigenvalue weighted by Crippen LogP contribution is -2.12. The van der Waals surface area contributed by atoms with E-state index in [1.807, 2.05) is 6.92 Å². The third-order valence-corrected chi connectivity index (χ3v) is 2.78. The van der Waals surface area contributed by atoms with Crippen LogP contribution in [0.4, 0.5) is 10.2 Å². The van der Waals surface area contributed by atoms with Gasteiger partial charge in [-0.05, 0) is 13.3 Å². The van der Waals surface area contributed by atoms with Crippen LogP contribution in [0.2, 0.25) is 0 Å². The van der Waals surface area contributed by atoms with Crippen LogP contribution in [0.1, 0.15) is 24.9 Å². The Morgan fingerprint density at radius 3 is 2.53 bits per heavy atom. The predicted molar refractivity (Wildman–Crippen MR) is 64.1 cm³/mol. The van der Waals surface area contributed by atoms with Gasteiger partial charge in [0.25, 0.3) is 0 Å². The molecule has 1 aromatic heterocycles. The quantitative estimate of drug-likeness (QED) is 0.864. The first-order valence-corrected chi connectivity index (χ1v) is 7.34. The summed E-state index contributed by atoms with van der Waals surface area (Å²) in [5.74, 6) is -0.631. The summed E-state index contributed by atoms with van der Waals surface area (Å²) in [5, 5.41) is 2.81. The molecule has 5 nitrogen and oxygen atoms in total. The molecule has 0 radical (unpaired) electrons. The van der Waals surface area contributed by atoms with E-state index in [1.54, 1.807) is 0 Å². The number of hydrogen-bond donors (Lipinski definition) is 1. The van der Waals surface area contributed by atoms with Crippen LogP contribution >= 0.6 is 0 Å². The Kier molecular flexibility index (Phi) is 4.39. The Balaban J connectivity index is 3.05. The number of nitrogens with one attached hydrogen (secondary N) is 1. The van der Waals surface area contributed by atoms with Gasteiger partial charge in [0, 0.05) is 12.8 Å². The van der Waals surface area contributed by atoms with Gasteiger partial charge in [0.1, 0.15) is 11.6 Å². The van der Waals surface area contributed by atoms with Crippen molar-refractivity contribution in [1.82, 2.24) is 9.97 Å². The van der Waals surface area contributed by atoms with Crippen molar-refractivity contribution < 1.29 is 12.8 Å². The van der Waals surface area contributed by atoms with E-state index in [9.17, 15) is 12.8 Å². The Hall–Kier alpha value is -1.24. The second-order valence-electron chi connectivity index (χ2n) is 3.88. The number of hydrogen-bond acceptors (Lipinski definition) is 5. The van der Waals surface area contributed by atoms with Crippen LogP contribution in [-0.2, 0) is 15.6 Å². The number of nitrogens with zero attached hydrogens (tertiary/aromatic N) is 2. The second-order valence-corrected chi connectivity index (χ2v) is 6.02. The van der Waals surface area contributed by atoms with E-state index in [0.29, 0.717) is 6.54 Å². The van der Waals surface area contributed by atoms with E-state index in [4.69, 9.17) is 0 Å². The summed E-state index contributed by atoms with van der Waals surface area (Å²) in [6, 6.07) is 0. The van der Waals surface area contributed by atoms with E-state index in [1.165, 1.54) is 6.92 Å². The molecule has 0 spiro atoms. The smallest absolute Gasteiger partial charge is 0.186 e. The van der Waals surface area contributed by atoms with Crippen molar-refractivity contribution in [3.05, 3.63) is 17.3 Å². The van der Waals surface area contributed by atoms with Crippen molar-refractivity contribution in [2.24, 2.45) is 0 Å². The third-order valence-electron chi connectivity index (χ3n) is 2.00. The van der Waals surface area contributed by atoms with Gasteiger partial charge in [-0.2, -0.15) is 0 Å². The molecular weight excluding hydrogens is 245 g/mol. The number of aryl methyl sites for hydroxylation is 1. The first-order valence-electron chi connectivity index (χ1n) is 5.28. The van der Waals surface area contributed by atoms with Crippen LogP contribution in [0, 0.1) is 12.7 Å². The van der Waals surface area contributed by atoms with Crippen LogP contribution in [-0.4, -0.2) is 31.2 Å². The number of aromatic nitrogens is 2. The maximum absolute atomic E-state index is 13.6. The van der Waals surface area contributed by atoms with Crippen LogP contribution < -0.4 is 5.32 Å². The molecule has 1 heterocycles. The van der Waals surface area contributed by atoms with E-state index in [0.717, 1.165) is 12.7 Å². The molecule has 0 amide bonds. The molecule has 0 saturated heterocycles. The number of anilines is 1. The standard InChI is InChI=1S/C10H16FN3O2S/c1-4-5-12-10-9(11)7(2)13-8(14-10)6-17(3,15)16/h4-6H2,1-3H3,(H,12,13,14). The molecule has 1 aromatic rings. The predicted octanol–water partition coefficient (Wildman–Crippen LogP) is 1.29. The second kappa shape index (κ2) is 5.39. The van der Waals surface area contributed by atoms with Crippen molar-refractivity contribution >= 4 is 15.7 Å². The molecule has 0 unspecified atom stereocenters. The van der Waals surface area contributed by atoms with Gasteiger partial charge in [-0.1, -0.05) is 6.92 Å². The summed E-state index contributed by atoms with van der Waals surface area (Å²) < 4.78 is 35.9. The zero-order valence-corrected chi connectivity index (χ0v) is 10.9. The van der Waals surface area contributed by atoms with Gasteiger partial charge >= 0.3 is 0 Å². The van der Waals surface area contributed by atoms with Crippen LogP contribution in [0.5, 0.6) is 0 Å². The Bertz CT molecular complexity index is 503. The fourth-order valence-electron chi connectivity index (χ4n) is 1.28. The largest absolute Gasteiger partial charge is 0.368 e. The Labute approximate surface area is 100 Å². The summed E-state index contributed by atoms with van der Waals surface area (Å²) in [6.45, 7) is 4.00. The highest BCUT2D eigenvalue weighted by Crippen LogP contribution is 2.14. The molecular formula is C10H16FN3O2S. The molecule has 1 N–H and O–H groups in total. The summed E-state index contributed by atoms with van der Waals surface area (Å²) in [7, 11) is -3.22. The lowest BCUT2D eigenvalue weighted by molar-refractivity contribution is 0.591. The van der Waals surface area contributed by atoms with Gasteiger partial charge in [0.2, 0.25) is 0 Å². The monoisotopic (exact) mass is 261 g/mol. The highest BCUT2D eigenvalue weighted by Gasteiger charge is 2.14. The molecule has 0 saturated carbocycles. The first-order chi connectivity index (χ1) is 7.83. The highest BCUT2D eigenvalue weighted by molar-refractivity contribution is 7.89. The average Bonchev–Trinajstić information content (AvgIpc) is 2.18. The van der Waals surface area contributed by atoms with E-state index >= 15 is 0 Å². The summed E-state index contributed by atoms with van der Waals surface area (Å²) in [4.78, 5) is 7.70. The van der Waals surface area contributed by atoms with E-state index < -0.39 is 15.7 Å². The van der Waals surface area contributed by atoms with Crippen molar-refractivity contribution in [2.75, 3.05) is 18.1 Å². The van der Waals surface area contributed by atoms with Gasteiger partial charge in [0.05, 0.1) is 5.69 Å². The SMILES string of the molecule is CCCNc1nc(CS(C)(=O)=O)nc(C)c1F. The minimum atomic E-state index is -3.22. The lowest BCUT2D eigenvalue weighted by atomic mass is 10.3. The number of rotatable bonds is 5. The first kappa shape index (κ1) is 13.8. The molecule has 0 aliphatic carbocycles. The topological polar surface area (TPSA) is 72.0 Å². The van der Waals surface area contributed by atoms with Crippen molar-refractivity contribution in [3.63, 3.8) is 0 Å². The summed E-state index contributed by atoms with van der Waals surface area (Å²) >= 11 is 0. The molecule has 7 heteroatoms. The van der Waals surface area contributed by atoms with Crippen molar-refractivity contribution in [3.8, 4) is 0 Å². The normalized spacial score (nSPS) is 11.5. The minimum absolute atomic E-state index is 0.0676. The zero-order chi connectivity index (χ0) is 13.1. The Morgan fingerprint density at radius 1 is 1.35 bits per heavy atom. The maximum atomic E-state index is 13.6. The van der Waals surface area contributed by atoms with Gasteiger partial charge in [0.15, 0.2) is 21.5 Å². The third kappa shape index (κ3) is 4.26. The number of sulfone groups is 1. The highest BCUT2D eigenvalue weighted by atomic mass is 32.2. The minimum Gasteiger partial charge on any atom is -0.368 e. The lowest BCUT2D eigenvalue weighted by Gasteiger charge is -2.08. The molecule has 17 heavy (non-hydrogen) atoms. The van der Waals surface area contributed by atoms with Gasteiger partial charge in [-0.25, -0.2) is 22.8 Å². The fraction of sp³-hybridized carbons (Fsp3) is 0.600. The van der Waals surface area contributed by atoms with Gasteiger partial charge in [-0.3, -0.25) is 0 Å². The maximum Gasteiger partial charge on any atom is 0.186 e. The molecule has 96 valence electrons. The van der Waals surface area contributed by atoms with Crippen molar-refractivity contribution in [2.45, 2.75) is 26.0 Å². The molecule has 1 rings (SSSR count). The molecule has 0 aliphatic rings. The average molecular weight is 261 g/mol. The Morgan fingerprint density at radius 2 is 2.00 bits per heavy atom. The van der Waals surface area contributed by atoms with E-state index in [2.05, 4.69) is 15.3 Å². The molecule has 0 aromatic carbocycles. The molecule has 0 bridgehead atoms. The van der Waals surface area contributed by atoms with E-state index in [-0.39, 0.29) is 23.1 Å². The molecule has 0 fully saturated rings. The summed E-state index contributed by atoms with van der Waals surface area (Å²) in [6.07, 6.45) is 1.91. The van der Waals surface area contributed by atoms with Crippen molar-refractivity contribution in [1.29, 1.82) is 0 Å².